The Balaban J connectivity index is 1.48. The van der Waals surface area contributed by atoms with E-state index in [9.17, 15) is 8.42 Å². The Morgan fingerprint density at radius 1 is 1.07 bits per heavy atom. The third-order valence-electron chi connectivity index (χ3n) is 4.72. The Bertz CT molecular complexity index is 937. The zero-order valence-electron chi connectivity index (χ0n) is 16.3. The number of hydrogen-bond acceptors (Lipinski definition) is 4. The van der Waals surface area contributed by atoms with Gasteiger partial charge in [-0.3, -0.25) is 0 Å². The number of sulfonamides is 1. The predicted molar refractivity (Wildman–Crippen MR) is 120 cm³/mol. The fourth-order valence-electron chi connectivity index (χ4n) is 2.99. The van der Waals surface area contributed by atoms with E-state index in [0.717, 1.165) is 16.9 Å². The second-order valence-electron chi connectivity index (χ2n) is 6.65. The van der Waals surface area contributed by atoms with Crippen molar-refractivity contribution < 1.29 is 13.2 Å². The first-order chi connectivity index (χ1) is 14.0. The zero-order valence-corrected chi connectivity index (χ0v) is 18.0. The Hall–Kier alpha value is -2.42. The highest BCUT2D eigenvalue weighted by Crippen LogP contribution is 2.13. The monoisotopic (exact) mass is 431 g/mol. The van der Waals surface area contributed by atoms with E-state index < -0.39 is 10.0 Å². The van der Waals surface area contributed by atoms with Crippen LogP contribution in [0.15, 0.2) is 60.0 Å². The molecule has 154 valence electrons. The van der Waals surface area contributed by atoms with Gasteiger partial charge in [-0.15, -0.1) is 0 Å². The van der Waals surface area contributed by atoms with Crippen molar-refractivity contribution in [1.29, 1.82) is 0 Å². The fraction of sp³-hybridized carbons (Fsp3) is 0.286. The molecule has 1 saturated heterocycles. The largest absolute Gasteiger partial charge is 0.497 e. The van der Waals surface area contributed by atoms with Gasteiger partial charge in [-0.05, 0) is 41.6 Å². The van der Waals surface area contributed by atoms with Crippen molar-refractivity contribution in [2.75, 3.05) is 33.3 Å². The van der Waals surface area contributed by atoms with E-state index in [0.29, 0.717) is 37.8 Å². The number of piperazine rings is 1. The Labute approximate surface area is 177 Å². The molecule has 1 fully saturated rings. The Morgan fingerprint density at radius 3 is 2.34 bits per heavy atom. The number of nitrogens with zero attached hydrogens (tertiary/aromatic N) is 2. The van der Waals surface area contributed by atoms with Gasteiger partial charge in [0.1, 0.15) is 5.75 Å². The van der Waals surface area contributed by atoms with Crippen LogP contribution in [0.1, 0.15) is 11.1 Å². The van der Waals surface area contributed by atoms with Crippen LogP contribution in [0, 0.1) is 0 Å². The molecule has 1 aliphatic rings. The molecule has 0 aliphatic carbocycles. The van der Waals surface area contributed by atoms with Gasteiger partial charge in [0.05, 0.1) is 7.11 Å². The minimum Gasteiger partial charge on any atom is -0.497 e. The average molecular weight is 432 g/mol. The van der Waals surface area contributed by atoms with Crippen LogP contribution >= 0.6 is 12.2 Å². The van der Waals surface area contributed by atoms with Gasteiger partial charge in [0.2, 0.25) is 10.0 Å². The summed E-state index contributed by atoms with van der Waals surface area (Å²) < 4.78 is 31.8. The molecule has 8 heteroatoms. The number of thiocarbonyl (C=S) groups is 1. The second kappa shape index (κ2) is 9.87. The molecule has 6 nitrogen and oxygen atoms in total. The number of nitrogens with one attached hydrogen (secondary N) is 1. The summed E-state index contributed by atoms with van der Waals surface area (Å²) in [6.45, 7) is 2.55. The summed E-state index contributed by atoms with van der Waals surface area (Å²) in [6, 6.07) is 17.2. The molecule has 1 aliphatic heterocycles. The van der Waals surface area contributed by atoms with Crippen LogP contribution in [0.4, 0.5) is 0 Å². The van der Waals surface area contributed by atoms with Crippen LogP contribution in [0.25, 0.3) is 6.08 Å². The third-order valence-corrected chi connectivity index (χ3v) is 6.69. The first kappa shape index (κ1) is 21.3. The molecule has 0 bridgehead atoms. The molecular formula is C21H25N3O3S2. The van der Waals surface area contributed by atoms with E-state index in [1.54, 1.807) is 13.2 Å². The lowest BCUT2D eigenvalue weighted by atomic mass is 10.2. The zero-order chi connectivity index (χ0) is 20.7. The molecule has 0 amide bonds. The molecule has 3 rings (SSSR count). The van der Waals surface area contributed by atoms with Crippen molar-refractivity contribution in [1.82, 2.24) is 14.5 Å². The third kappa shape index (κ3) is 6.03. The minimum absolute atomic E-state index is 0.409. The Kier molecular flexibility index (Phi) is 7.24. The molecule has 1 heterocycles. The van der Waals surface area contributed by atoms with Crippen molar-refractivity contribution in [3.63, 3.8) is 0 Å². The highest BCUT2D eigenvalue weighted by molar-refractivity contribution is 7.92. The SMILES string of the molecule is COc1ccc(CNC(=S)N2CCN(S(=O)(=O)/C=C/c3ccccc3)CC2)cc1. The number of benzene rings is 2. The average Bonchev–Trinajstić information content (AvgIpc) is 2.77. The van der Waals surface area contributed by atoms with Crippen molar-refractivity contribution in [3.8, 4) is 5.75 Å². The molecule has 0 saturated carbocycles. The van der Waals surface area contributed by atoms with E-state index in [1.807, 2.05) is 59.5 Å². The van der Waals surface area contributed by atoms with Crippen molar-refractivity contribution in [2.45, 2.75) is 6.54 Å². The lowest BCUT2D eigenvalue weighted by Crippen LogP contribution is -2.52. The van der Waals surface area contributed by atoms with Crippen LogP contribution in [0.3, 0.4) is 0 Å². The highest BCUT2D eigenvalue weighted by Gasteiger charge is 2.26. The predicted octanol–water partition coefficient (Wildman–Crippen LogP) is 2.69. The lowest BCUT2D eigenvalue weighted by molar-refractivity contribution is 0.266. The van der Waals surface area contributed by atoms with Gasteiger partial charge in [-0.2, -0.15) is 4.31 Å². The number of methoxy groups -OCH3 is 1. The van der Waals surface area contributed by atoms with Crippen molar-refractivity contribution >= 4 is 33.4 Å². The van der Waals surface area contributed by atoms with Gasteiger partial charge in [-0.1, -0.05) is 42.5 Å². The maximum atomic E-state index is 12.6. The fourth-order valence-corrected chi connectivity index (χ4v) is 4.42. The molecular weight excluding hydrogens is 406 g/mol. The van der Waals surface area contributed by atoms with Gasteiger partial charge >= 0.3 is 0 Å². The Morgan fingerprint density at radius 2 is 1.72 bits per heavy atom. The molecule has 0 aromatic heterocycles. The summed E-state index contributed by atoms with van der Waals surface area (Å²) in [5, 5.41) is 5.15. The van der Waals surface area contributed by atoms with Crippen LogP contribution in [-0.4, -0.2) is 56.0 Å². The molecule has 0 spiro atoms. The topological polar surface area (TPSA) is 61.9 Å². The molecule has 1 N–H and O–H groups in total. The van der Waals surface area contributed by atoms with Crippen molar-refractivity contribution in [2.24, 2.45) is 0 Å². The van der Waals surface area contributed by atoms with E-state index in [1.165, 1.54) is 9.71 Å². The van der Waals surface area contributed by atoms with Gasteiger partial charge in [-0.25, -0.2) is 8.42 Å². The number of ether oxygens (including phenoxy) is 1. The van der Waals surface area contributed by atoms with E-state index in [2.05, 4.69) is 5.32 Å². The van der Waals surface area contributed by atoms with Gasteiger partial charge in [0.15, 0.2) is 5.11 Å². The molecule has 0 radical (unpaired) electrons. The standard InChI is InChI=1S/C21H25N3O3S2/c1-27-20-9-7-19(8-10-20)17-22-21(28)23-12-14-24(15-13-23)29(25,26)16-11-18-5-3-2-4-6-18/h2-11,16H,12-15,17H2,1H3,(H,22,28)/b16-11+. The highest BCUT2D eigenvalue weighted by atomic mass is 32.2. The summed E-state index contributed by atoms with van der Waals surface area (Å²) in [5.41, 5.74) is 1.96. The summed E-state index contributed by atoms with van der Waals surface area (Å²) >= 11 is 5.48. The normalized spacial score (nSPS) is 15.4. The van der Waals surface area contributed by atoms with Gasteiger partial charge in [0.25, 0.3) is 0 Å². The number of rotatable bonds is 6. The second-order valence-corrected chi connectivity index (χ2v) is 8.86. The maximum Gasteiger partial charge on any atom is 0.236 e. The van der Waals surface area contributed by atoms with Gasteiger partial charge < -0.3 is 15.0 Å². The molecule has 2 aromatic rings. The molecule has 0 unspecified atom stereocenters. The summed E-state index contributed by atoms with van der Waals surface area (Å²) in [6.07, 6.45) is 1.63. The van der Waals surface area contributed by atoms with Crippen LogP contribution < -0.4 is 10.1 Å². The van der Waals surface area contributed by atoms with E-state index >= 15 is 0 Å². The van der Waals surface area contributed by atoms with Crippen LogP contribution in [0.2, 0.25) is 0 Å². The summed E-state index contributed by atoms with van der Waals surface area (Å²) in [4.78, 5) is 2.01. The van der Waals surface area contributed by atoms with Gasteiger partial charge in [0, 0.05) is 38.1 Å². The van der Waals surface area contributed by atoms with E-state index in [-0.39, 0.29) is 0 Å². The minimum atomic E-state index is -3.44. The first-order valence-corrected chi connectivity index (χ1v) is 11.3. The van der Waals surface area contributed by atoms with Crippen LogP contribution in [0.5, 0.6) is 5.75 Å². The lowest BCUT2D eigenvalue weighted by Gasteiger charge is -2.35. The molecule has 2 aromatic carbocycles. The van der Waals surface area contributed by atoms with Crippen molar-refractivity contribution in [3.05, 3.63) is 71.1 Å². The number of hydrogen-bond donors (Lipinski definition) is 1. The maximum absolute atomic E-state index is 12.6. The smallest absolute Gasteiger partial charge is 0.236 e. The molecule has 0 atom stereocenters. The van der Waals surface area contributed by atoms with Crippen LogP contribution in [-0.2, 0) is 16.6 Å². The van der Waals surface area contributed by atoms with E-state index in [4.69, 9.17) is 17.0 Å². The first-order valence-electron chi connectivity index (χ1n) is 9.37. The summed E-state index contributed by atoms with van der Waals surface area (Å²) in [7, 11) is -1.80. The quantitative estimate of drug-likeness (QED) is 0.710. The molecule has 29 heavy (non-hydrogen) atoms. The summed E-state index contributed by atoms with van der Waals surface area (Å²) in [5.74, 6) is 0.815.